The second kappa shape index (κ2) is 4.31. The van der Waals surface area contributed by atoms with E-state index in [-0.39, 0.29) is 18.0 Å². The van der Waals surface area contributed by atoms with Crippen LogP contribution in [0.15, 0.2) is 0 Å². The van der Waals surface area contributed by atoms with Gasteiger partial charge in [-0.2, -0.15) is 0 Å². The van der Waals surface area contributed by atoms with Crippen molar-refractivity contribution < 1.29 is 5.11 Å². The Labute approximate surface area is 67.5 Å². The summed E-state index contributed by atoms with van der Waals surface area (Å²) in [6.07, 6.45) is -0.373. The van der Waals surface area contributed by atoms with Gasteiger partial charge in [0.1, 0.15) is 5.84 Å². The largest absolute Gasteiger partial charge is 0.392 e. The van der Waals surface area contributed by atoms with Crippen LogP contribution in [0.1, 0.15) is 13.8 Å². The molecule has 2 atom stereocenters. The molecule has 0 radical (unpaired) electrons. The molecule has 0 aromatic carbocycles. The molecule has 4 nitrogen and oxygen atoms in total. The van der Waals surface area contributed by atoms with Gasteiger partial charge >= 0.3 is 0 Å². The summed E-state index contributed by atoms with van der Waals surface area (Å²) in [6, 6.07) is -0.0930. The van der Waals surface area contributed by atoms with E-state index in [9.17, 15) is 0 Å². The summed E-state index contributed by atoms with van der Waals surface area (Å²) < 4.78 is 0. The van der Waals surface area contributed by atoms with E-state index in [0.29, 0.717) is 6.54 Å². The Kier molecular flexibility index (Phi) is 4.07. The molecule has 0 amide bonds. The van der Waals surface area contributed by atoms with Gasteiger partial charge in [0.2, 0.25) is 0 Å². The lowest BCUT2D eigenvalue weighted by atomic mass is 10.2. The normalized spacial score (nSPS) is 16.5. The standard InChI is InChI=1S/C7H17N3O/c1-5(11)4-10(3)6(2)7(8)9/h5-6,11H,4H2,1-3H3,(H3,8,9). The maximum absolute atomic E-state index is 9.00. The van der Waals surface area contributed by atoms with Crippen molar-refractivity contribution in [1.82, 2.24) is 4.90 Å². The first-order chi connectivity index (χ1) is 4.95. The first-order valence-electron chi connectivity index (χ1n) is 3.67. The maximum atomic E-state index is 9.00. The van der Waals surface area contributed by atoms with Crippen molar-refractivity contribution in [2.24, 2.45) is 5.73 Å². The van der Waals surface area contributed by atoms with Gasteiger partial charge in [-0.3, -0.25) is 10.3 Å². The second-order valence-electron chi connectivity index (χ2n) is 2.92. The second-order valence-corrected chi connectivity index (χ2v) is 2.92. The van der Waals surface area contributed by atoms with Gasteiger partial charge in [0.15, 0.2) is 0 Å². The van der Waals surface area contributed by atoms with Crippen LogP contribution in [-0.2, 0) is 0 Å². The number of likely N-dealkylation sites (N-methyl/N-ethyl adjacent to an activating group) is 1. The van der Waals surface area contributed by atoms with Crippen LogP contribution in [-0.4, -0.2) is 41.6 Å². The first kappa shape index (κ1) is 10.4. The van der Waals surface area contributed by atoms with Gasteiger partial charge in [-0.15, -0.1) is 0 Å². The third-order valence-electron chi connectivity index (χ3n) is 1.66. The van der Waals surface area contributed by atoms with Gasteiger partial charge in [0, 0.05) is 6.54 Å². The summed E-state index contributed by atoms with van der Waals surface area (Å²) in [5, 5.41) is 16.1. The van der Waals surface area contributed by atoms with E-state index >= 15 is 0 Å². The summed E-state index contributed by atoms with van der Waals surface area (Å²) in [5.74, 6) is 0.133. The molecule has 0 fully saturated rings. The maximum Gasteiger partial charge on any atom is 0.108 e. The lowest BCUT2D eigenvalue weighted by Gasteiger charge is -2.24. The van der Waals surface area contributed by atoms with Crippen LogP contribution < -0.4 is 5.73 Å². The molecule has 2 unspecified atom stereocenters. The lowest BCUT2D eigenvalue weighted by Crippen LogP contribution is -2.42. The van der Waals surface area contributed by atoms with Crippen LogP contribution >= 0.6 is 0 Å². The highest BCUT2D eigenvalue weighted by Crippen LogP contribution is 1.95. The number of nitrogens with one attached hydrogen (secondary N) is 1. The van der Waals surface area contributed by atoms with Gasteiger partial charge in [-0.05, 0) is 20.9 Å². The third-order valence-corrected chi connectivity index (χ3v) is 1.66. The Hall–Kier alpha value is -0.610. The Morgan fingerprint density at radius 1 is 1.64 bits per heavy atom. The van der Waals surface area contributed by atoms with Crippen molar-refractivity contribution in [3.8, 4) is 0 Å². The van der Waals surface area contributed by atoms with Crippen molar-refractivity contribution in [3.63, 3.8) is 0 Å². The highest BCUT2D eigenvalue weighted by molar-refractivity contribution is 5.82. The third kappa shape index (κ3) is 3.95. The molecule has 0 aromatic rings. The van der Waals surface area contributed by atoms with Gasteiger partial charge in [0.05, 0.1) is 12.1 Å². The van der Waals surface area contributed by atoms with E-state index in [1.807, 2.05) is 18.9 Å². The Morgan fingerprint density at radius 3 is 2.36 bits per heavy atom. The highest BCUT2D eigenvalue weighted by atomic mass is 16.3. The van der Waals surface area contributed by atoms with Crippen molar-refractivity contribution >= 4 is 5.84 Å². The van der Waals surface area contributed by atoms with Crippen LogP contribution in [0, 0.1) is 5.41 Å². The van der Waals surface area contributed by atoms with Gasteiger partial charge in [0.25, 0.3) is 0 Å². The summed E-state index contributed by atoms with van der Waals surface area (Å²) in [5.41, 5.74) is 5.27. The van der Waals surface area contributed by atoms with Gasteiger partial charge < -0.3 is 10.8 Å². The molecule has 0 saturated heterocycles. The monoisotopic (exact) mass is 159 g/mol. The SMILES string of the molecule is CC(O)CN(C)C(C)C(=N)N. The molecule has 0 bridgehead atoms. The van der Waals surface area contributed by atoms with Crippen LogP contribution in [0.5, 0.6) is 0 Å². The molecule has 0 aliphatic heterocycles. The molecular formula is C7H17N3O. The molecule has 0 rings (SSSR count). The molecule has 0 heterocycles. The van der Waals surface area contributed by atoms with E-state index in [1.165, 1.54) is 0 Å². The fraction of sp³-hybridized carbons (Fsp3) is 0.857. The molecular weight excluding hydrogens is 142 g/mol. The topological polar surface area (TPSA) is 73.3 Å². The number of aliphatic hydroxyl groups excluding tert-OH is 1. The first-order valence-corrected chi connectivity index (χ1v) is 3.67. The zero-order valence-electron chi connectivity index (χ0n) is 7.33. The average Bonchev–Trinajstić information content (AvgIpc) is 1.84. The molecule has 0 aromatic heterocycles. The molecule has 4 N–H and O–H groups in total. The molecule has 4 heteroatoms. The van der Waals surface area contributed by atoms with Crippen LogP contribution in [0.2, 0.25) is 0 Å². The molecule has 0 aliphatic rings. The molecule has 66 valence electrons. The summed E-state index contributed by atoms with van der Waals surface area (Å²) in [4.78, 5) is 1.84. The lowest BCUT2D eigenvalue weighted by molar-refractivity contribution is 0.135. The highest BCUT2D eigenvalue weighted by Gasteiger charge is 2.12. The number of hydrogen-bond acceptors (Lipinski definition) is 3. The minimum atomic E-state index is -0.373. The predicted octanol–water partition coefficient (Wildman–Crippen LogP) is -0.377. The number of nitrogens with zero attached hydrogens (tertiary/aromatic N) is 1. The van der Waals surface area contributed by atoms with Crippen molar-refractivity contribution in [2.45, 2.75) is 26.0 Å². The van der Waals surface area contributed by atoms with E-state index in [4.69, 9.17) is 16.2 Å². The smallest absolute Gasteiger partial charge is 0.108 e. The van der Waals surface area contributed by atoms with Crippen molar-refractivity contribution in [3.05, 3.63) is 0 Å². The number of nitrogens with two attached hydrogens (primary N) is 1. The van der Waals surface area contributed by atoms with Crippen molar-refractivity contribution in [2.75, 3.05) is 13.6 Å². The summed E-state index contributed by atoms with van der Waals surface area (Å²) in [7, 11) is 1.83. The van der Waals surface area contributed by atoms with Gasteiger partial charge in [-0.25, -0.2) is 0 Å². The molecule has 11 heavy (non-hydrogen) atoms. The minimum absolute atomic E-state index is 0.0930. The van der Waals surface area contributed by atoms with Gasteiger partial charge in [-0.1, -0.05) is 0 Å². The van der Waals surface area contributed by atoms with E-state index < -0.39 is 0 Å². The van der Waals surface area contributed by atoms with E-state index in [0.717, 1.165) is 0 Å². The predicted molar refractivity (Wildman–Crippen MR) is 45.7 cm³/mol. The average molecular weight is 159 g/mol. The minimum Gasteiger partial charge on any atom is -0.392 e. The Balaban J connectivity index is 3.82. The molecule has 0 aliphatic carbocycles. The van der Waals surface area contributed by atoms with Crippen LogP contribution in [0.3, 0.4) is 0 Å². The molecule has 0 spiro atoms. The fourth-order valence-corrected chi connectivity index (χ4v) is 0.812. The Morgan fingerprint density at radius 2 is 2.09 bits per heavy atom. The number of amidine groups is 1. The molecule has 0 saturated carbocycles. The van der Waals surface area contributed by atoms with Crippen molar-refractivity contribution in [1.29, 1.82) is 5.41 Å². The Bertz CT molecular complexity index is 136. The zero-order valence-corrected chi connectivity index (χ0v) is 7.33. The fourth-order valence-electron chi connectivity index (χ4n) is 0.812. The van der Waals surface area contributed by atoms with Crippen LogP contribution in [0.25, 0.3) is 0 Å². The number of rotatable bonds is 4. The van der Waals surface area contributed by atoms with E-state index in [1.54, 1.807) is 6.92 Å². The number of hydrogen-bond donors (Lipinski definition) is 3. The zero-order chi connectivity index (χ0) is 9.02. The number of aliphatic hydroxyl groups is 1. The quantitative estimate of drug-likeness (QED) is 0.387. The summed E-state index contributed by atoms with van der Waals surface area (Å²) >= 11 is 0. The van der Waals surface area contributed by atoms with Crippen LogP contribution in [0.4, 0.5) is 0 Å². The van der Waals surface area contributed by atoms with E-state index in [2.05, 4.69) is 0 Å². The summed E-state index contributed by atoms with van der Waals surface area (Å²) in [6.45, 7) is 4.09.